The fourth-order valence-corrected chi connectivity index (χ4v) is 2.31. The molecular weight excluding hydrogens is 262 g/mol. The van der Waals surface area contributed by atoms with Gasteiger partial charge in [-0.25, -0.2) is 4.79 Å². The van der Waals surface area contributed by atoms with Crippen molar-refractivity contribution in [2.45, 2.75) is 45.4 Å². The third-order valence-electron chi connectivity index (χ3n) is 3.56. The fourth-order valence-electron chi connectivity index (χ4n) is 2.31. The number of carbonyl (C=O) groups excluding carboxylic acids is 1. The molecule has 3 heteroatoms. The third-order valence-corrected chi connectivity index (χ3v) is 3.56. The highest BCUT2D eigenvalue weighted by molar-refractivity contribution is 5.93. The molecule has 1 aromatic carbocycles. The minimum Gasteiger partial charge on any atom is -0.462 e. The van der Waals surface area contributed by atoms with Gasteiger partial charge in [0.05, 0.1) is 17.7 Å². The summed E-state index contributed by atoms with van der Waals surface area (Å²) in [6, 6.07) is 9.60. The molecule has 1 aromatic heterocycles. The van der Waals surface area contributed by atoms with Crippen molar-refractivity contribution in [3.8, 4) is 0 Å². The second kappa shape index (κ2) is 8.40. The lowest BCUT2D eigenvalue weighted by Crippen LogP contribution is -2.07. The number of hydrogen-bond donors (Lipinski definition) is 0. The lowest BCUT2D eigenvalue weighted by Gasteiger charge is -2.05. The van der Waals surface area contributed by atoms with Gasteiger partial charge in [-0.1, -0.05) is 57.2 Å². The van der Waals surface area contributed by atoms with Gasteiger partial charge in [-0.2, -0.15) is 0 Å². The Morgan fingerprint density at radius 2 is 1.86 bits per heavy atom. The zero-order chi connectivity index (χ0) is 14.9. The number of fused-ring (bicyclic) bond motifs is 1. The number of pyridine rings is 1. The number of ether oxygens (including phenoxy) is 1. The Morgan fingerprint density at radius 3 is 2.71 bits per heavy atom. The largest absolute Gasteiger partial charge is 0.462 e. The van der Waals surface area contributed by atoms with E-state index >= 15 is 0 Å². The van der Waals surface area contributed by atoms with Crippen LogP contribution >= 0.6 is 0 Å². The van der Waals surface area contributed by atoms with Crippen LogP contribution in [0.2, 0.25) is 0 Å². The van der Waals surface area contributed by atoms with E-state index in [2.05, 4.69) is 11.9 Å². The minimum absolute atomic E-state index is 0.276. The maximum absolute atomic E-state index is 12.0. The Kier molecular flexibility index (Phi) is 6.20. The predicted molar refractivity (Wildman–Crippen MR) is 85.4 cm³/mol. The molecule has 3 nitrogen and oxygen atoms in total. The smallest absolute Gasteiger partial charge is 0.339 e. The SMILES string of the molecule is CCCCCCCCOC(=O)c1cnc2ccccc2c1. The van der Waals surface area contributed by atoms with E-state index in [0.717, 1.165) is 23.7 Å². The van der Waals surface area contributed by atoms with Crippen molar-refractivity contribution >= 4 is 16.9 Å². The van der Waals surface area contributed by atoms with Crippen LogP contribution in [0, 0.1) is 0 Å². The van der Waals surface area contributed by atoms with Crippen LogP contribution in [0.15, 0.2) is 36.5 Å². The molecule has 0 atom stereocenters. The highest BCUT2D eigenvalue weighted by Gasteiger charge is 2.08. The highest BCUT2D eigenvalue weighted by Crippen LogP contribution is 2.13. The Balaban J connectivity index is 1.77. The summed E-state index contributed by atoms with van der Waals surface area (Å²) < 4.78 is 5.30. The lowest BCUT2D eigenvalue weighted by atomic mass is 10.1. The van der Waals surface area contributed by atoms with Crippen molar-refractivity contribution in [3.63, 3.8) is 0 Å². The minimum atomic E-state index is -0.276. The first-order valence-electron chi connectivity index (χ1n) is 7.83. The summed E-state index contributed by atoms with van der Waals surface area (Å²) in [6.07, 6.45) is 8.71. The summed E-state index contributed by atoms with van der Waals surface area (Å²) in [5.41, 5.74) is 1.42. The summed E-state index contributed by atoms with van der Waals surface area (Å²) >= 11 is 0. The van der Waals surface area contributed by atoms with E-state index in [0.29, 0.717) is 12.2 Å². The van der Waals surface area contributed by atoms with Crippen LogP contribution in [0.1, 0.15) is 55.8 Å². The first-order chi connectivity index (χ1) is 10.3. The Bertz CT molecular complexity index is 580. The molecule has 0 unspecified atom stereocenters. The van der Waals surface area contributed by atoms with E-state index in [1.165, 1.54) is 25.7 Å². The molecule has 0 N–H and O–H groups in total. The molecule has 0 radical (unpaired) electrons. The topological polar surface area (TPSA) is 39.2 Å². The first-order valence-corrected chi connectivity index (χ1v) is 7.83. The van der Waals surface area contributed by atoms with Gasteiger partial charge >= 0.3 is 5.97 Å². The molecule has 0 saturated heterocycles. The van der Waals surface area contributed by atoms with E-state index in [9.17, 15) is 4.79 Å². The van der Waals surface area contributed by atoms with E-state index in [4.69, 9.17) is 4.74 Å². The number of carbonyl (C=O) groups is 1. The van der Waals surface area contributed by atoms with Crippen LogP contribution in [-0.2, 0) is 4.74 Å². The number of rotatable bonds is 8. The maximum Gasteiger partial charge on any atom is 0.339 e. The molecule has 0 aliphatic heterocycles. The van der Waals surface area contributed by atoms with Gasteiger partial charge in [0.15, 0.2) is 0 Å². The standard InChI is InChI=1S/C18H23NO2/c1-2-3-4-5-6-9-12-21-18(20)16-13-15-10-7-8-11-17(15)19-14-16/h7-8,10-11,13-14H,2-6,9,12H2,1H3. The van der Waals surface area contributed by atoms with Crippen LogP contribution in [0.5, 0.6) is 0 Å². The van der Waals surface area contributed by atoms with Gasteiger partial charge in [-0.15, -0.1) is 0 Å². The van der Waals surface area contributed by atoms with Crippen molar-refractivity contribution in [2.75, 3.05) is 6.61 Å². The highest BCUT2D eigenvalue weighted by atomic mass is 16.5. The van der Waals surface area contributed by atoms with Gasteiger partial charge < -0.3 is 4.74 Å². The average molecular weight is 285 g/mol. The molecule has 112 valence electrons. The monoisotopic (exact) mass is 285 g/mol. The second-order valence-electron chi connectivity index (χ2n) is 5.32. The Hall–Kier alpha value is -1.90. The third kappa shape index (κ3) is 4.85. The molecule has 21 heavy (non-hydrogen) atoms. The van der Waals surface area contributed by atoms with Crippen molar-refractivity contribution in [1.82, 2.24) is 4.98 Å². The Morgan fingerprint density at radius 1 is 1.10 bits per heavy atom. The molecule has 0 saturated carbocycles. The lowest BCUT2D eigenvalue weighted by molar-refractivity contribution is 0.0497. The zero-order valence-electron chi connectivity index (χ0n) is 12.7. The van der Waals surface area contributed by atoms with Crippen LogP contribution in [0.3, 0.4) is 0 Å². The summed E-state index contributed by atoms with van der Waals surface area (Å²) in [5.74, 6) is -0.276. The molecule has 0 aliphatic rings. The molecule has 0 bridgehead atoms. The zero-order valence-corrected chi connectivity index (χ0v) is 12.7. The van der Waals surface area contributed by atoms with Crippen LogP contribution in [0.25, 0.3) is 10.9 Å². The predicted octanol–water partition coefficient (Wildman–Crippen LogP) is 4.75. The first kappa shape index (κ1) is 15.5. The number of nitrogens with zero attached hydrogens (tertiary/aromatic N) is 1. The van der Waals surface area contributed by atoms with E-state index in [1.54, 1.807) is 6.20 Å². The van der Waals surface area contributed by atoms with Crippen LogP contribution in [-0.4, -0.2) is 17.6 Å². The number of aromatic nitrogens is 1. The summed E-state index contributed by atoms with van der Waals surface area (Å²) in [6.45, 7) is 2.71. The van der Waals surface area contributed by atoms with Crippen molar-refractivity contribution < 1.29 is 9.53 Å². The molecule has 0 amide bonds. The van der Waals surface area contributed by atoms with Crippen LogP contribution < -0.4 is 0 Å². The van der Waals surface area contributed by atoms with E-state index in [-0.39, 0.29) is 5.97 Å². The Labute approximate surface area is 126 Å². The van der Waals surface area contributed by atoms with Gasteiger partial charge in [0.1, 0.15) is 0 Å². The number of unbranched alkanes of at least 4 members (excludes halogenated alkanes) is 5. The fraction of sp³-hybridized carbons (Fsp3) is 0.444. The average Bonchev–Trinajstić information content (AvgIpc) is 2.53. The van der Waals surface area contributed by atoms with E-state index < -0.39 is 0 Å². The molecule has 0 spiro atoms. The summed E-state index contributed by atoms with van der Waals surface area (Å²) in [7, 11) is 0. The number of para-hydroxylation sites is 1. The van der Waals surface area contributed by atoms with Crippen LogP contribution in [0.4, 0.5) is 0 Å². The molecular formula is C18H23NO2. The number of esters is 1. The van der Waals surface area contributed by atoms with Crippen molar-refractivity contribution in [2.24, 2.45) is 0 Å². The second-order valence-corrected chi connectivity index (χ2v) is 5.32. The number of hydrogen-bond acceptors (Lipinski definition) is 3. The van der Waals surface area contributed by atoms with Crippen molar-refractivity contribution in [1.29, 1.82) is 0 Å². The normalized spacial score (nSPS) is 10.7. The summed E-state index contributed by atoms with van der Waals surface area (Å²) in [4.78, 5) is 16.2. The quantitative estimate of drug-likeness (QED) is 0.519. The van der Waals surface area contributed by atoms with E-state index in [1.807, 2.05) is 30.3 Å². The molecule has 0 fully saturated rings. The van der Waals surface area contributed by atoms with Crippen molar-refractivity contribution in [3.05, 3.63) is 42.1 Å². The van der Waals surface area contributed by atoms with Gasteiger partial charge in [0, 0.05) is 11.6 Å². The molecule has 2 aromatic rings. The number of benzene rings is 1. The molecule has 2 rings (SSSR count). The molecule has 1 heterocycles. The van der Waals surface area contributed by atoms with Gasteiger partial charge in [0.2, 0.25) is 0 Å². The van der Waals surface area contributed by atoms with Gasteiger partial charge in [-0.05, 0) is 18.6 Å². The van der Waals surface area contributed by atoms with Gasteiger partial charge in [0.25, 0.3) is 0 Å². The van der Waals surface area contributed by atoms with Gasteiger partial charge in [-0.3, -0.25) is 4.98 Å². The maximum atomic E-state index is 12.0. The summed E-state index contributed by atoms with van der Waals surface area (Å²) in [5, 5.41) is 0.964. The molecule has 0 aliphatic carbocycles.